The Morgan fingerprint density at radius 1 is 1.03 bits per heavy atom. The van der Waals surface area contributed by atoms with Crippen molar-refractivity contribution in [2.24, 2.45) is 5.10 Å². The van der Waals surface area contributed by atoms with E-state index in [1.165, 1.54) is 24.4 Å². The fraction of sp³-hybridized carbons (Fsp3) is 0.0909. The molecule has 3 rings (SSSR count). The van der Waals surface area contributed by atoms with Crippen LogP contribution >= 0.6 is 39.1 Å². The molecule has 0 fully saturated rings. The van der Waals surface area contributed by atoms with Gasteiger partial charge in [-0.3, -0.25) is 4.79 Å². The van der Waals surface area contributed by atoms with Crippen LogP contribution in [-0.4, -0.2) is 31.4 Å². The summed E-state index contributed by atoms with van der Waals surface area (Å²) in [5.41, 5.74) is 3.83. The van der Waals surface area contributed by atoms with E-state index >= 15 is 0 Å². The number of nitrogens with zero attached hydrogens (tertiary/aromatic N) is 2. The highest BCUT2D eigenvalue weighted by atomic mass is 79.9. The second-order valence-corrected chi connectivity index (χ2v) is 10.3. The number of sulfonamides is 1. The van der Waals surface area contributed by atoms with Crippen molar-refractivity contribution in [1.29, 1.82) is 0 Å². The van der Waals surface area contributed by atoms with Gasteiger partial charge in [0.1, 0.15) is 4.90 Å². The number of carbonyl (C=O) groups excluding carboxylic acids is 1. The molecule has 0 atom stereocenters. The van der Waals surface area contributed by atoms with Gasteiger partial charge in [-0.1, -0.05) is 87.7 Å². The molecule has 1 N–H and O–H groups in total. The van der Waals surface area contributed by atoms with E-state index in [0.717, 1.165) is 14.3 Å². The standard InChI is InChI=1S/C22H18BrCl2N3O3S/c23-19-9-5-4-8-17(19)13-26-27-22(29)15-28(14-16-6-2-1-3-7-16)32(30,31)21-12-18(24)10-11-20(21)25/h1-13H,14-15H2,(H,27,29)/b26-13-. The number of hydrazone groups is 1. The van der Waals surface area contributed by atoms with E-state index in [2.05, 4.69) is 26.5 Å². The zero-order valence-corrected chi connectivity index (χ0v) is 20.5. The van der Waals surface area contributed by atoms with E-state index in [-0.39, 0.29) is 21.5 Å². The van der Waals surface area contributed by atoms with E-state index < -0.39 is 22.5 Å². The van der Waals surface area contributed by atoms with Gasteiger partial charge in [0, 0.05) is 21.6 Å². The van der Waals surface area contributed by atoms with Crippen LogP contribution < -0.4 is 5.43 Å². The fourth-order valence-corrected chi connectivity index (χ4v) is 5.28. The van der Waals surface area contributed by atoms with Crippen molar-refractivity contribution >= 4 is 61.3 Å². The molecule has 0 aliphatic heterocycles. The largest absolute Gasteiger partial charge is 0.272 e. The molecule has 166 valence electrons. The third-order valence-corrected chi connectivity index (χ3v) is 7.56. The van der Waals surface area contributed by atoms with E-state index in [9.17, 15) is 13.2 Å². The summed E-state index contributed by atoms with van der Waals surface area (Å²) >= 11 is 15.5. The number of amides is 1. The zero-order valence-electron chi connectivity index (χ0n) is 16.6. The summed E-state index contributed by atoms with van der Waals surface area (Å²) in [6.07, 6.45) is 1.46. The van der Waals surface area contributed by atoms with Gasteiger partial charge in [0.25, 0.3) is 5.91 Å². The Kier molecular flexibility index (Phi) is 8.44. The number of benzene rings is 3. The lowest BCUT2D eigenvalue weighted by molar-refractivity contribution is -0.121. The fourth-order valence-electron chi connectivity index (χ4n) is 2.78. The van der Waals surface area contributed by atoms with Crippen molar-refractivity contribution in [2.45, 2.75) is 11.4 Å². The molecule has 0 aliphatic rings. The van der Waals surface area contributed by atoms with Gasteiger partial charge >= 0.3 is 0 Å². The van der Waals surface area contributed by atoms with Crippen molar-refractivity contribution < 1.29 is 13.2 Å². The van der Waals surface area contributed by atoms with Crippen LogP contribution in [0.15, 0.2) is 87.3 Å². The Balaban J connectivity index is 1.83. The van der Waals surface area contributed by atoms with Gasteiger partial charge in [-0.05, 0) is 29.8 Å². The van der Waals surface area contributed by atoms with Crippen LogP contribution in [0.5, 0.6) is 0 Å². The Hall–Kier alpha value is -2.23. The van der Waals surface area contributed by atoms with E-state index in [4.69, 9.17) is 23.2 Å². The molecule has 0 bridgehead atoms. The summed E-state index contributed by atoms with van der Waals surface area (Å²) in [6.45, 7) is -0.499. The second kappa shape index (κ2) is 11.1. The van der Waals surface area contributed by atoms with Gasteiger partial charge in [0.2, 0.25) is 10.0 Å². The summed E-state index contributed by atoms with van der Waals surface area (Å²) in [4.78, 5) is 12.4. The number of hydrogen-bond donors (Lipinski definition) is 1. The highest BCUT2D eigenvalue weighted by Crippen LogP contribution is 2.28. The van der Waals surface area contributed by atoms with Gasteiger partial charge in [-0.15, -0.1) is 0 Å². The molecule has 10 heteroatoms. The topological polar surface area (TPSA) is 78.8 Å². The molecule has 0 radical (unpaired) electrons. The molecule has 0 spiro atoms. The molecule has 0 unspecified atom stereocenters. The van der Waals surface area contributed by atoms with Crippen LogP contribution in [0.4, 0.5) is 0 Å². The van der Waals surface area contributed by atoms with Crippen LogP contribution in [0, 0.1) is 0 Å². The summed E-state index contributed by atoms with van der Waals surface area (Å²) in [7, 11) is -4.13. The number of halogens is 3. The maximum absolute atomic E-state index is 13.3. The van der Waals surface area contributed by atoms with Gasteiger partial charge in [-0.2, -0.15) is 9.41 Å². The zero-order chi connectivity index (χ0) is 23.1. The first kappa shape index (κ1) is 24.4. The molecule has 1 amide bonds. The summed E-state index contributed by atoms with van der Waals surface area (Å²) in [5, 5.41) is 4.16. The minimum absolute atomic E-state index is 0.0137. The smallest absolute Gasteiger partial charge is 0.255 e. The molecule has 0 aliphatic carbocycles. The Morgan fingerprint density at radius 2 is 1.72 bits per heavy atom. The van der Waals surface area contributed by atoms with Crippen LogP contribution in [0.3, 0.4) is 0 Å². The Morgan fingerprint density at radius 3 is 2.44 bits per heavy atom. The molecule has 6 nitrogen and oxygen atoms in total. The van der Waals surface area contributed by atoms with Gasteiger partial charge in [-0.25, -0.2) is 13.8 Å². The minimum atomic E-state index is -4.13. The first-order chi connectivity index (χ1) is 15.3. The molecule has 0 heterocycles. The summed E-state index contributed by atoms with van der Waals surface area (Å²) in [6, 6.07) is 20.4. The predicted molar refractivity (Wildman–Crippen MR) is 130 cm³/mol. The molecule has 3 aromatic carbocycles. The Bertz CT molecular complexity index is 1240. The second-order valence-electron chi connectivity index (χ2n) is 6.65. The summed E-state index contributed by atoms with van der Waals surface area (Å²) < 4.78 is 28.5. The van der Waals surface area contributed by atoms with Crippen LogP contribution in [0.2, 0.25) is 10.0 Å². The SMILES string of the molecule is O=C(CN(Cc1ccccc1)S(=O)(=O)c1cc(Cl)ccc1Cl)N/N=C\c1ccccc1Br. The molecular formula is C22H18BrCl2N3O3S. The average Bonchev–Trinajstić information content (AvgIpc) is 2.77. The minimum Gasteiger partial charge on any atom is -0.272 e. The van der Waals surface area contributed by atoms with E-state index in [1.54, 1.807) is 24.3 Å². The monoisotopic (exact) mass is 553 g/mol. The third kappa shape index (κ3) is 6.40. The lowest BCUT2D eigenvalue weighted by Gasteiger charge is -2.22. The van der Waals surface area contributed by atoms with Gasteiger partial charge in [0.05, 0.1) is 17.8 Å². The van der Waals surface area contributed by atoms with Crippen molar-refractivity contribution in [3.8, 4) is 0 Å². The van der Waals surface area contributed by atoms with Gasteiger partial charge < -0.3 is 0 Å². The highest BCUT2D eigenvalue weighted by molar-refractivity contribution is 9.10. The first-order valence-electron chi connectivity index (χ1n) is 9.33. The first-order valence-corrected chi connectivity index (χ1v) is 12.3. The van der Waals surface area contributed by atoms with E-state index in [1.807, 2.05) is 30.3 Å². The number of rotatable bonds is 8. The molecule has 3 aromatic rings. The maximum Gasteiger partial charge on any atom is 0.255 e. The van der Waals surface area contributed by atoms with Crippen LogP contribution in [0.1, 0.15) is 11.1 Å². The van der Waals surface area contributed by atoms with Crippen molar-refractivity contribution in [2.75, 3.05) is 6.54 Å². The van der Waals surface area contributed by atoms with Crippen LogP contribution in [-0.2, 0) is 21.4 Å². The number of carbonyl (C=O) groups is 1. The molecule has 0 aromatic heterocycles. The highest BCUT2D eigenvalue weighted by Gasteiger charge is 2.29. The van der Waals surface area contributed by atoms with Crippen molar-refractivity contribution in [3.05, 3.63) is 98.4 Å². The summed E-state index contributed by atoms with van der Waals surface area (Å²) in [5.74, 6) is -0.606. The maximum atomic E-state index is 13.3. The van der Waals surface area contributed by atoms with Crippen LogP contribution in [0.25, 0.3) is 0 Å². The van der Waals surface area contributed by atoms with Gasteiger partial charge in [0.15, 0.2) is 0 Å². The quantitative estimate of drug-likeness (QED) is 0.311. The molecule has 0 saturated heterocycles. The lowest BCUT2D eigenvalue weighted by Crippen LogP contribution is -2.39. The average molecular weight is 555 g/mol. The Labute approximate surface area is 205 Å². The normalized spacial score (nSPS) is 11.8. The third-order valence-electron chi connectivity index (χ3n) is 4.33. The molecular weight excluding hydrogens is 537 g/mol. The molecule has 0 saturated carbocycles. The van der Waals surface area contributed by atoms with E-state index in [0.29, 0.717) is 5.56 Å². The van der Waals surface area contributed by atoms with Crippen molar-refractivity contribution in [3.63, 3.8) is 0 Å². The van der Waals surface area contributed by atoms with Crippen molar-refractivity contribution in [1.82, 2.24) is 9.73 Å². The number of nitrogens with one attached hydrogen (secondary N) is 1. The molecule has 32 heavy (non-hydrogen) atoms. The predicted octanol–water partition coefficient (Wildman–Crippen LogP) is 5.10. The lowest BCUT2D eigenvalue weighted by atomic mass is 10.2. The number of hydrogen-bond acceptors (Lipinski definition) is 4.